The maximum absolute atomic E-state index is 4.50. The van der Waals surface area contributed by atoms with E-state index >= 15 is 0 Å². The smallest absolute Gasteiger partial charge is 0.0722 e. The van der Waals surface area contributed by atoms with E-state index in [0.29, 0.717) is 0 Å². The number of hydrogen-bond acceptors (Lipinski definition) is 1. The Morgan fingerprint density at radius 3 is 1.56 bits per heavy atom. The molecule has 0 radical (unpaired) electrons. The van der Waals surface area contributed by atoms with E-state index in [1.54, 1.807) is 0 Å². The van der Waals surface area contributed by atoms with Gasteiger partial charge in [0, 0.05) is 0 Å². The normalized spacial score (nSPS) is 13.4. The fourth-order valence-corrected chi connectivity index (χ4v) is 2.45. The van der Waals surface area contributed by atoms with Gasteiger partial charge in [0.1, 0.15) is 0 Å². The van der Waals surface area contributed by atoms with E-state index in [9.17, 15) is 0 Å². The molecular weight excluding hydrogens is 194 g/mol. The minimum absolute atomic E-state index is 0.267. The molecule has 0 aliphatic rings. The molecule has 1 nitrogen and oxygen atoms in total. The molecule has 0 saturated heterocycles. The Kier molecular flexibility index (Phi) is 3.90. The standard InChI is InChI=1S/C15H23N/c1-8-16-14(7)15-12(5)10(3)9(2)11(4)13(15)6/h8,14H,1-7H3/t14-/m0/s1. The molecular formula is C15H23N. The van der Waals surface area contributed by atoms with Gasteiger partial charge in [0.15, 0.2) is 0 Å². The molecule has 1 atom stereocenters. The number of rotatable bonds is 2. The van der Waals surface area contributed by atoms with Gasteiger partial charge in [-0.3, -0.25) is 4.99 Å². The van der Waals surface area contributed by atoms with Gasteiger partial charge in [-0.25, -0.2) is 0 Å². The number of nitrogens with zero attached hydrogens (tertiary/aromatic N) is 1. The highest BCUT2D eigenvalue weighted by Crippen LogP contribution is 2.31. The monoisotopic (exact) mass is 217 g/mol. The zero-order valence-corrected chi connectivity index (χ0v) is 11.6. The van der Waals surface area contributed by atoms with Gasteiger partial charge in [-0.1, -0.05) is 0 Å². The van der Waals surface area contributed by atoms with Crippen LogP contribution in [0, 0.1) is 34.6 Å². The molecule has 1 heteroatoms. The van der Waals surface area contributed by atoms with Gasteiger partial charge in [0.2, 0.25) is 0 Å². The predicted molar refractivity (Wildman–Crippen MR) is 72.7 cm³/mol. The van der Waals surface area contributed by atoms with Crippen LogP contribution in [0.5, 0.6) is 0 Å². The van der Waals surface area contributed by atoms with Crippen LogP contribution in [0.3, 0.4) is 0 Å². The Labute approximate surface area is 99.6 Å². The number of hydrogen-bond donors (Lipinski definition) is 0. The van der Waals surface area contributed by atoms with Crippen LogP contribution in [0.2, 0.25) is 0 Å². The third-order valence-corrected chi connectivity index (χ3v) is 3.85. The summed E-state index contributed by atoms with van der Waals surface area (Å²) < 4.78 is 0. The van der Waals surface area contributed by atoms with Gasteiger partial charge < -0.3 is 0 Å². The summed E-state index contributed by atoms with van der Waals surface area (Å²) in [5, 5.41) is 0. The van der Waals surface area contributed by atoms with Crippen molar-refractivity contribution in [3.8, 4) is 0 Å². The molecule has 0 aromatic heterocycles. The lowest BCUT2D eigenvalue weighted by molar-refractivity contribution is 0.800. The third kappa shape index (κ3) is 2.04. The van der Waals surface area contributed by atoms with E-state index in [2.05, 4.69) is 46.5 Å². The second kappa shape index (κ2) is 4.82. The minimum atomic E-state index is 0.267. The van der Waals surface area contributed by atoms with Gasteiger partial charge in [-0.2, -0.15) is 0 Å². The first-order valence-electron chi connectivity index (χ1n) is 5.96. The van der Waals surface area contributed by atoms with Gasteiger partial charge in [0.05, 0.1) is 6.04 Å². The van der Waals surface area contributed by atoms with Crippen LogP contribution in [0.1, 0.15) is 53.3 Å². The summed E-state index contributed by atoms with van der Waals surface area (Å²) in [5.74, 6) is 0. The van der Waals surface area contributed by atoms with Crippen molar-refractivity contribution in [2.75, 3.05) is 0 Å². The summed E-state index contributed by atoms with van der Waals surface area (Å²) >= 11 is 0. The molecule has 0 amide bonds. The van der Waals surface area contributed by atoms with Crippen LogP contribution in [0.15, 0.2) is 4.99 Å². The van der Waals surface area contributed by atoms with Crippen LogP contribution in [0.25, 0.3) is 0 Å². The summed E-state index contributed by atoms with van der Waals surface area (Å²) in [7, 11) is 0. The van der Waals surface area contributed by atoms with Crippen LogP contribution in [-0.2, 0) is 0 Å². The second-order valence-electron chi connectivity index (χ2n) is 4.62. The van der Waals surface area contributed by atoms with Gasteiger partial charge in [-0.15, -0.1) is 0 Å². The Morgan fingerprint density at radius 1 is 0.812 bits per heavy atom. The lowest BCUT2D eigenvalue weighted by Gasteiger charge is -2.21. The van der Waals surface area contributed by atoms with E-state index in [4.69, 9.17) is 0 Å². The number of aliphatic imine (C=N–C) groups is 1. The highest BCUT2D eigenvalue weighted by atomic mass is 14.8. The highest BCUT2D eigenvalue weighted by molar-refractivity contribution is 5.56. The van der Waals surface area contributed by atoms with Gasteiger partial charge in [-0.05, 0) is 88.1 Å². The van der Waals surface area contributed by atoms with Crippen molar-refractivity contribution in [3.05, 3.63) is 33.4 Å². The van der Waals surface area contributed by atoms with E-state index in [0.717, 1.165) is 0 Å². The molecule has 0 heterocycles. The molecule has 1 aromatic carbocycles. The van der Waals surface area contributed by atoms with E-state index in [1.807, 2.05) is 13.1 Å². The van der Waals surface area contributed by atoms with Crippen molar-refractivity contribution < 1.29 is 0 Å². The average Bonchev–Trinajstić information content (AvgIpc) is 2.24. The Hall–Kier alpha value is -1.11. The van der Waals surface area contributed by atoms with Gasteiger partial charge in [0.25, 0.3) is 0 Å². The largest absolute Gasteiger partial charge is 0.290 e. The molecule has 1 aromatic rings. The summed E-state index contributed by atoms with van der Waals surface area (Å²) in [5.41, 5.74) is 8.45. The lowest BCUT2D eigenvalue weighted by atomic mass is 9.87. The van der Waals surface area contributed by atoms with Crippen molar-refractivity contribution in [3.63, 3.8) is 0 Å². The first-order chi connectivity index (χ1) is 7.41. The second-order valence-corrected chi connectivity index (χ2v) is 4.62. The molecule has 1 rings (SSSR count). The quantitative estimate of drug-likeness (QED) is 0.652. The van der Waals surface area contributed by atoms with Gasteiger partial charge >= 0.3 is 0 Å². The van der Waals surface area contributed by atoms with E-state index in [-0.39, 0.29) is 6.04 Å². The molecule has 0 spiro atoms. The maximum Gasteiger partial charge on any atom is 0.0722 e. The van der Waals surface area contributed by atoms with E-state index < -0.39 is 0 Å². The molecule has 0 fully saturated rings. The van der Waals surface area contributed by atoms with Crippen molar-refractivity contribution in [1.29, 1.82) is 0 Å². The number of benzene rings is 1. The average molecular weight is 217 g/mol. The van der Waals surface area contributed by atoms with E-state index in [1.165, 1.54) is 33.4 Å². The first kappa shape index (κ1) is 13.0. The SMILES string of the molecule is CC=N[C@@H](C)c1c(C)c(C)c(C)c(C)c1C. The van der Waals surface area contributed by atoms with Crippen molar-refractivity contribution in [2.24, 2.45) is 4.99 Å². The fraction of sp³-hybridized carbons (Fsp3) is 0.533. The molecule has 0 N–H and O–H groups in total. The Morgan fingerprint density at radius 2 is 1.19 bits per heavy atom. The molecule has 0 bridgehead atoms. The summed E-state index contributed by atoms with van der Waals surface area (Å²) in [6, 6.07) is 0.267. The third-order valence-electron chi connectivity index (χ3n) is 3.85. The molecule has 0 aliphatic carbocycles. The molecule has 88 valence electrons. The van der Waals surface area contributed by atoms with Crippen LogP contribution >= 0.6 is 0 Å². The molecule has 0 saturated carbocycles. The minimum Gasteiger partial charge on any atom is -0.290 e. The highest BCUT2D eigenvalue weighted by Gasteiger charge is 2.15. The predicted octanol–water partition coefficient (Wildman–Crippen LogP) is 4.38. The molecule has 16 heavy (non-hydrogen) atoms. The fourth-order valence-electron chi connectivity index (χ4n) is 2.45. The summed E-state index contributed by atoms with van der Waals surface area (Å²) in [6.07, 6.45) is 1.90. The zero-order valence-electron chi connectivity index (χ0n) is 11.6. The maximum atomic E-state index is 4.50. The topological polar surface area (TPSA) is 12.4 Å². The van der Waals surface area contributed by atoms with Crippen molar-refractivity contribution in [1.82, 2.24) is 0 Å². The first-order valence-corrected chi connectivity index (χ1v) is 5.96. The molecule has 0 aliphatic heterocycles. The summed E-state index contributed by atoms with van der Waals surface area (Å²) in [4.78, 5) is 4.50. The van der Waals surface area contributed by atoms with Crippen LogP contribution < -0.4 is 0 Å². The zero-order chi connectivity index (χ0) is 12.5. The van der Waals surface area contributed by atoms with Crippen molar-refractivity contribution in [2.45, 2.75) is 54.5 Å². The molecule has 0 unspecified atom stereocenters. The Bertz CT molecular complexity index is 399. The Balaban J connectivity index is 3.51. The van der Waals surface area contributed by atoms with Crippen LogP contribution in [0.4, 0.5) is 0 Å². The lowest BCUT2D eigenvalue weighted by Crippen LogP contribution is -2.05. The van der Waals surface area contributed by atoms with Crippen molar-refractivity contribution >= 4 is 6.21 Å². The summed E-state index contributed by atoms with van der Waals surface area (Å²) in [6.45, 7) is 15.2. The van der Waals surface area contributed by atoms with Crippen LogP contribution in [-0.4, -0.2) is 6.21 Å².